The van der Waals surface area contributed by atoms with Crippen molar-refractivity contribution in [3.8, 4) is 11.3 Å². The number of rotatable bonds is 7. The molecule has 1 aliphatic rings. The highest BCUT2D eigenvalue weighted by Crippen LogP contribution is 2.29. The number of nitrogens with one attached hydrogen (secondary N) is 1. The number of anilines is 1. The number of nitrogens with two attached hydrogens (primary N) is 1. The summed E-state index contributed by atoms with van der Waals surface area (Å²) in [4.78, 5) is 9.80. The Labute approximate surface area is 245 Å². The molecule has 0 fully saturated rings. The Morgan fingerprint density at radius 3 is 2.36 bits per heavy atom. The highest BCUT2D eigenvalue weighted by atomic mass is 15.5. The van der Waals surface area contributed by atoms with Gasteiger partial charge in [-0.15, -0.1) is 0 Å². The van der Waals surface area contributed by atoms with Gasteiger partial charge in [0.2, 0.25) is 0 Å². The molecule has 3 N–H and O–H groups in total. The lowest BCUT2D eigenvalue weighted by Gasteiger charge is -2.25. The first kappa shape index (κ1) is 25.8. The molecule has 5 nitrogen and oxygen atoms in total. The smallest absolute Gasteiger partial charge is 0.140 e. The fourth-order valence-corrected chi connectivity index (χ4v) is 5.53. The van der Waals surface area contributed by atoms with Gasteiger partial charge in [-0.3, -0.25) is 15.8 Å². The van der Waals surface area contributed by atoms with Crippen molar-refractivity contribution in [3.63, 3.8) is 0 Å². The van der Waals surface area contributed by atoms with E-state index in [1.807, 2.05) is 12.4 Å². The van der Waals surface area contributed by atoms with Crippen LogP contribution >= 0.6 is 0 Å². The van der Waals surface area contributed by atoms with Crippen molar-refractivity contribution in [2.45, 2.75) is 12.7 Å². The Bertz CT molecular complexity index is 1940. The summed E-state index contributed by atoms with van der Waals surface area (Å²) in [6, 6.07) is 40.1. The third-order valence-corrected chi connectivity index (χ3v) is 7.77. The van der Waals surface area contributed by atoms with Crippen LogP contribution in [0.2, 0.25) is 0 Å². The van der Waals surface area contributed by atoms with E-state index in [9.17, 15) is 0 Å². The molecule has 1 atom stereocenters. The van der Waals surface area contributed by atoms with Crippen molar-refractivity contribution in [1.29, 1.82) is 0 Å². The summed E-state index contributed by atoms with van der Waals surface area (Å²) < 4.78 is 0. The van der Waals surface area contributed by atoms with E-state index in [1.165, 1.54) is 21.7 Å². The molecule has 0 saturated heterocycles. The molecule has 204 valence electrons. The Morgan fingerprint density at radius 2 is 1.57 bits per heavy atom. The summed E-state index contributed by atoms with van der Waals surface area (Å²) in [5.74, 6) is 6.78. The van der Waals surface area contributed by atoms with Crippen LogP contribution in [0.15, 0.2) is 133 Å². The van der Waals surface area contributed by atoms with Gasteiger partial charge in [-0.2, -0.15) is 0 Å². The zero-order valence-electron chi connectivity index (χ0n) is 23.2. The third-order valence-electron chi connectivity index (χ3n) is 7.77. The van der Waals surface area contributed by atoms with Gasteiger partial charge in [0.1, 0.15) is 6.17 Å². The molecule has 1 unspecified atom stereocenters. The molecular weight excluding hydrogens is 514 g/mol. The fourth-order valence-electron chi connectivity index (χ4n) is 5.53. The molecule has 6 aromatic rings. The van der Waals surface area contributed by atoms with Crippen molar-refractivity contribution < 1.29 is 0 Å². The average molecular weight is 546 g/mol. The number of hydrogen-bond acceptors (Lipinski definition) is 5. The predicted molar refractivity (Wildman–Crippen MR) is 175 cm³/mol. The first-order valence-corrected chi connectivity index (χ1v) is 14.2. The quantitative estimate of drug-likeness (QED) is 0.121. The van der Waals surface area contributed by atoms with E-state index in [1.54, 1.807) is 5.01 Å². The number of nitrogens with zero attached hydrogens (tertiary/aromatic N) is 3. The topological polar surface area (TPSA) is 66.5 Å². The van der Waals surface area contributed by atoms with Crippen molar-refractivity contribution in [2.75, 3.05) is 11.9 Å². The van der Waals surface area contributed by atoms with Crippen molar-refractivity contribution in [2.24, 2.45) is 10.8 Å². The summed E-state index contributed by atoms with van der Waals surface area (Å²) in [6.45, 7) is 1.34. The normalized spacial score (nSPS) is 13.5. The number of benzene rings is 5. The predicted octanol–water partition coefficient (Wildman–Crippen LogP) is 7.99. The zero-order chi connectivity index (χ0) is 28.3. The second-order valence-electron chi connectivity index (χ2n) is 10.7. The Morgan fingerprint density at radius 1 is 0.810 bits per heavy atom. The van der Waals surface area contributed by atoms with E-state index in [-0.39, 0.29) is 6.17 Å². The maximum atomic E-state index is 6.78. The second-order valence-corrected chi connectivity index (χ2v) is 10.7. The Hall–Kier alpha value is -5.10. The summed E-state index contributed by atoms with van der Waals surface area (Å²) in [7, 11) is 0. The summed E-state index contributed by atoms with van der Waals surface area (Å²) in [5, 5.41) is 9.96. The first-order valence-electron chi connectivity index (χ1n) is 14.2. The summed E-state index contributed by atoms with van der Waals surface area (Å²) in [6.07, 6.45) is 7.74. The van der Waals surface area contributed by atoms with Crippen LogP contribution in [-0.4, -0.2) is 22.8 Å². The number of fused-ring (bicyclic) bond motifs is 3. The van der Waals surface area contributed by atoms with E-state index in [0.717, 1.165) is 45.6 Å². The molecule has 0 aliphatic carbocycles. The Kier molecular flexibility index (Phi) is 7.02. The van der Waals surface area contributed by atoms with E-state index in [4.69, 9.17) is 15.8 Å². The van der Waals surface area contributed by atoms with Gasteiger partial charge in [0.15, 0.2) is 0 Å². The lowest BCUT2D eigenvalue weighted by molar-refractivity contribution is 0.199. The summed E-state index contributed by atoms with van der Waals surface area (Å²) in [5.41, 5.74) is 7.44. The highest BCUT2D eigenvalue weighted by Gasteiger charge is 2.18. The fraction of sp³-hybridized carbons (Fsp3) is 0.0811. The van der Waals surface area contributed by atoms with Gasteiger partial charge < -0.3 is 5.32 Å². The lowest BCUT2D eigenvalue weighted by atomic mass is 10.0. The minimum absolute atomic E-state index is 0.375. The summed E-state index contributed by atoms with van der Waals surface area (Å²) >= 11 is 0. The minimum atomic E-state index is -0.375. The number of hydrogen-bond donors (Lipinski definition) is 2. The molecule has 0 amide bonds. The molecule has 2 heterocycles. The number of pyridine rings is 1. The van der Waals surface area contributed by atoms with E-state index >= 15 is 0 Å². The van der Waals surface area contributed by atoms with Crippen LogP contribution in [0.3, 0.4) is 0 Å². The molecule has 0 radical (unpaired) electrons. The SMILES string of the molecule is NN(Cc1ccc(-c2ccc3c(c2)NCC=C3)nc1)C(/N=C/c1ccc2ccccc2c1)c1ccc2ccccc2c1. The number of hydrazine groups is 1. The molecule has 0 saturated carbocycles. The zero-order valence-corrected chi connectivity index (χ0v) is 23.2. The molecule has 5 heteroatoms. The molecule has 7 rings (SSSR count). The van der Waals surface area contributed by atoms with E-state index in [0.29, 0.717) is 6.54 Å². The Balaban J connectivity index is 1.16. The standard InChI is InChI=1S/C37H31N5/c38-42(25-27-12-18-35(40-24-27)33-16-15-30-10-5-19-39-36(30)22-33)37(34-17-14-29-7-2-4-9-32(29)21-34)41-23-26-11-13-28-6-1-3-8-31(28)20-26/h1-18,20-24,37,39H,19,25,38H2/b41-23+. The van der Waals surface area contributed by atoms with Crippen molar-refractivity contribution in [1.82, 2.24) is 9.99 Å². The van der Waals surface area contributed by atoms with Crippen LogP contribution in [0.25, 0.3) is 38.9 Å². The molecular formula is C37H31N5. The molecule has 5 aromatic carbocycles. The van der Waals surface area contributed by atoms with Crippen molar-refractivity contribution in [3.05, 3.63) is 150 Å². The monoisotopic (exact) mass is 545 g/mol. The van der Waals surface area contributed by atoms with Crippen LogP contribution in [-0.2, 0) is 6.54 Å². The van der Waals surface area contributed by atoms with Gasteiger partial charge in [-0.25, -0.2) is 5.01 Å². The van der Waals surface area contributed by atoms with Crippen LogP contribution in [0.4, 0.5) is 5.69 Å². The molecule has 42 heavy (non-hydrogen) atoms. The minimum Gasteiger partial charge on any atom is -0.381 e. The highest BCUT2D eigenvalue weighted by molar-refractivity contribution is 5.90. The van der Waals surface area contributed by atoms with Gasteiger partial charge in [-0.1, -0.05) is 103 Å². The van der Waals surface area contributed by atoms with Crippen LogP contribution in [0.5, 0.6) is 0 Å². The van der Waals surface area contributed by atoms with Crippen molar-refractivity contribution >= 4 is 39.5 Å². The van der Waals surface area contributed by atoms with Gasteiger partial charge in [-0.05, 0) is 68.1 Å². The van der Waals surface area contributed by atoms with Gasteiger partial charge in [0, 0.05) is 36.8 Å². The van der Waals surface area contributed by atoms with E-state index < -0.39 is 0 Å². The van der Waals surface area contributed by atoms with E-state index in [2.05, 4.69) is 133 Å². The van der Waals surface area contributed by atoms with Crippen LogP contribution in [0, 0.1) is 0 Å². The van der Waals surface area contributed by atoms with Crippen LogP contribution in [0.1, 0.15) is 28.4 Å². The molecule has 0 spiro atoms. The van der Waals surface area contributed by atoms with Gasteiger partial charge >= 0.3 is 0 Å². The van der Waals surface area contributed by atoms with Gasteiger partial charge in [0.25, 0.3) is 0 Å². The average Bonchev–Trinajstić information content (AvgIpc) is 3.05. The molecule has 1 aliphatic heterocycles. The number of aliphatic imine (C=N–C) groups is 1. The maximum absolute atomic E-state index is 6.78. The first-order chi connectivity index (χ1) is 20.7. The number of aromatic nitrogens is 1. The van der Waals surface area contributed by atoms with Crippen LogP contribution < -0.4 is 11.2 Å². The lowest BCUT2D eigenvalue weighted by Crippen LogP contribution is -2.34. The maximum Gasteiger partial charge on any atom is 0.140 e. The largest absolute Gasteiger partial charge is 0.381 e. The third kappa shape index (κ3) is 5.44. The second kappa shape index (κ2) is 11.4. The van der Waals surface area contributed by atoms with Gasteiger partial charge in [0.05, 0.1) is 5.69 Å². The molecule has 1 aromatic heterocycles. The molecule has 0 bridgehead atoms.